The van der Waals surface area contributed by atoms with E-state index in [1.54, 1.807) is 6.20 Å². The summed E-state index contributed by atoms with van der Waals surface area (Å²) in [4.78, 5) is 7.61. The summed E-state index contributed by atoms with van der Waals surface area (Å²) in [6.45, 7) is 0. The van der Waals surface area contributed by atoms with Gasteiger partial charge < -0.3 is 20.5 Å². The van der Waals surface area contributed by atoms with Crippen LogP contribution in [0.5, 0.6) is 0 Å². The first-order valence-electron chi connectivity index (χ1n) is 9.31. The SMILES string of the molecule is OB1NN=C([C@@H]2[C@@H]3C[C@@H]4C[C@H]2C[C@@](O)(C4)C3)c2c1cnc1[nH]ccc21. The molecule has 1 aliphatic heterocycles. The number of hydrogen-bond acceptors (Lipinski definition) is 5. The molecule has 0 saturated heterocycles. The van der Waals surface area contributed by atoms with Crippen molar-refractivity contribution in [3.05, 3.63) is 24.0 Å². The van der Waals surface area contributed by atoms with Gasteiger partial charge in [0.1, 0.15) is 5.65 Å². The number of rotatable bonds is 1. The maximum Gasteiger partial charge on any atom is 0.465 e. The number of aromatic amines is 1. The highest BCUT2D eigenvalue weighted by atomic mass is 16.3. The average molecular weight is 336 g/mol. The molecular weight excluding hydrogens is 315 g/mol. The summed E-state index contributed by atoms with van der Waals surface area (Å²) in [5.41, 5.74) is 3.30. The largest absolute Gasteiger partial charge is 0.465 e. The molecule has 4 bridgehead atoms. The molecule has 128 valence electrons. The summed E-state index contributed by atoms with van der Waals surface area (Å²) < 4.78 is 0. The van der Waals surface area contributed by atoms with Crippen LogP contribution in [0.3, 0.4) is 0 Å². The highest BCUT2D eigenvalue weighted by molar-refractivity contribution is 6.66. The molecule has 7 heteroatoms. The van der Waals surface area contributed by atoms with Gasteiger partial charge in [0.15, 0.2) is 0 Å². The molecule has 4 fully saturated rings. The van der Waals surface area contributed by atoms with Crippen LogP contribution in [0.15, 0.2) is 23.6 Å². The van der Waals surface area contributed by atoms with Gasteiger partial charge in [-0.1, -0.05) is 0 Å². The first kappa shape index (κ1) is 14.3. The van der Waals surface area contributed by atoms with Crippen molar-refractivity contribution in [1.82, 2.24) is 15.3 Å². The number of nitrogens with zero attached hydrogens (tertiary/aromatic N) is 2. The van der Waals surface area contributed by atoms with Crippen LogP contribution in [-0.2, 0) is 0 Å². The number of aromatic nitrogens is 2. The van der Waals surface area contributed by atoms with Gasteiger partial charge in [-0.2, -0.15) is 5.10 Å². The Morgan fingerprint density at radius 1 is 1.20 bits per heavy atom. The Morgan fingerprint density at radius 3 is 2.76 bits per heavy atom. The topological polar surface area (TPSA) is 93.5 Å². The van der Waals surface area contributed by atoms with Crippen LogP contribution in [0.2, 0.25) is 0 Å². The Labute approximate surface area is 145 Å². The minimum Gasteiger partial charge on any atom is -0.428 e. The number of nitrogens with one attached hydrogen (secondary N) is 2. The second-order valence-corrected chi connectivity index (χ2v) is 8.58. The third kappa shape index (κ3) is 1.88. The van der Waals surface area contributed by atoms with E-state index in [-0.39, 0.29) is 0 Å². The monoisotopic (exact) mass is 336 g/mol. The van der Waals surface area contributed by atoms with Gasteiger partial charge in [0.05, 0.1) is 11.3 Å². The van der Waals surface area contributed by atoms with Crippen LogP contribution in [0, 0.1) is 23.7 Å². The van der Waals surface area contributed by atoms with E-state index in [2.05, 4.69) is 20.4 Å². The van der Waals surface area contributed by atoms with E-state index in [1.807, 2.05) is 12.3 Å². The normalized spacial score (nSPS) is 38.6. The van der Waals surface area contributed by atoms with Gasteiger partial charge in [0.25, 0.3) is 0 Å². The van der Waals surface area contributed by atoms with Crippen LogP contribution >= 0.6 is 0 Å². The fourth-order valence-corrected chi connectivity index (χ4v) is 6.44. The van der Waals surface area contributed by atoms with Crippen LogP contribution < -0.4 is 10.8 Å². The van der Waals surface area contributed by atoms with Crippen molar-refractivity contribution in [2.24, 2.45) is 28.8 Å². The van der Waals surface area contributed by atoms with Crippen molar-refractivity contribution in [1.29, 1.82) is 0 Å². The van der Waals surface area contributed by atoms with E-state index in [0.29, 0.717) is 23.7 Å². The molecule has 0 unspecified atom stereocenters. The maximum absolute atomic E-state index is 10.9. The average Bonchev–Trinajstić information content (AvgIpc) is 3.03. The number of hydrogen-bond donors (Lipinski definition) is 4. The molecule has 3 heterocycles. The third-order valence-electron chi connectivity index (χ3n) is 7.03. The zero-order valence-corrected chi connectivity index (χ0v) is 13.9. The molecule has 0 radical (unpaired) electrons. The van der Waals surface area contributed by atoms with Crippen molar-refractivity contribution in [2.45, 2.75) is 37.7 Å². The number of H-pyrrole nitrogens is 1. The molecule has 4 saturated carbocycles. The Balaban J connectivity index is 1.51. The molecule has 5 aliphatic rings. The smallest absolute Gasteiger partial charge is 0.428 e. The standard InChI is InChI=1S/C18H21BN4O2/c24-18-5-9-3-10(6-18)14(11(4-9)7-18)16-15-12-1-2-20-17(12)21-8-13(15)19(25)23-22-16/h1-2,8-11,14,23-25H,3-7H2,(H,20,21)/t9-,10-,11+,14-,18-. The van der Waals surface area contributed by atoms with Gasteiger partial charge in [-0.3, -0.25) is 0 Å². The molecule has 6 nitrogen and oxygen atoms in total. The van der Waals surface area contributed by atoms with Gasteiger partial charge in [-0.15, -0.1) is 0 Å². The number of aliphatic hydroxyl groups is 1. The molecule has 4 N–H and O–H groups in total. The van der Waals surface area contributed by atoms with E-state index in [0.717, 1.165) is 47.0 Å². The molecular formula is C18H21BN4O2. The van der Waals surface area contributed by atoms with Crippen molar-refractivity contribution in [3.63, 3.8) is 0 Å². The lowest BCUT2D eigenvalue weighted by atomic mass is 9.48. The lowest BCUT2D eigenvalue weighted by molar-refractivity contribution is -0.137. The van der Waals surface area contributed by atoms with Crippen LogP contribution in [0.4, 0.5) is 0 Å². The minimum atomic E-state index is -0.813. The predicted octanol–water partition coefficient (Wildman–Crippen LogP) is 0.745. The molecule has 0 aromatic carbocycles. The predicted molar refractivity (Wildman–Crippen MR) is 95.4 cm³/mol. The van der Waals surface area contributed by atoms with Crippen LogP contribution in [-0.4, -0.2) is 38.5 Å². The zero-order chi connectivity index (χ0) is 16.8. The molecule has 7 rings (SSSR count). The summed E-state index contributed by atoms with van der Waals surface area (Å²) in [6, 6.07) is 2.03. The summed E-state index contributed by atoms with van der Waals surface area (Å²) >= 11 is 0. The van der Waals surface area contributed by atoms with Gasteiger partial charge >= 0.3 is 7.05 Å². The van der Waals surface area contributed by atoms with Crippen molar-refractivity contribution < 1.29 is 10.1 Å². The summed E-state index contributed by atoms with van der Waals surface area (Å²) in [6.07, 6.45) is 8.81. The van der Waals surface area contributed by atoms with Crippen LogP contribution in [0.25, 0.3) is 11.0 Å². The molecule has 0 spiro atoms. The minimum absolute atomic E-state index is 0.357. The zero-order valence-electron chi connectivity index (χ0n) is 13.9. The lowest BCUT2D eigenvalue weighted by Gasteiger charge is -2.58. The number of pyridine rings is 1. The van der Waals surface area contributed by atoms with Gasteiger partial charge in [-0.25, -0.2) is 4.98 Å². The quantitative estimate of drug-likeness (QED) is 0.578. The fraction of sp³-hybridized carbons (Fsp3) is 0.556. The maximum atomic E-state index is 10.9. The van der Waals surface area contributed by atoms with E-state index in [1.165, 1.54) is 12.8 Å². The summed E-state index contributed by atoms with van der Waals surface area (Å²) in [7, 11) is -0.813. The van der Waals surface area contributed by atoms with Gasteiger partial charge in [-0.05, 0) is 55.9 Å². The second kappa shape index (κ2) is 4.65. The van der Waals surface area contributed by atoms with E-state index < -0.39 is 12.7 Å². The lowest BCUT2D eigenvalue weighted by Crippen LogP contribution is -2.59. The van der Waals surface area contributed by atoms with Crippen molar-refractivity contribution >= 4 is 29.3 Å². The van der Waals surface area contributed by atoms with Crippen molar-refractivity contribution in [2.75, 3.05) is 0 Å². The number of fused-ring (bicyclic) bond motifs is 3. The molecule has 5 atom stereocenters. The van der Waals surface area contributed by atoms with Crippen molar-refractivity contribution in [3.8, 4) is 0 Å². The van der Waals surface area contributed by atoms with E-state index in [4.69, 9.17) is 0 Å². The fourth-order valence-electron chi connectivity index (χ4n) is 6.44. The Morgan fingerprint density at radius 2 is 2.00 bits per heavy atom. The Hall–Kier alpha value is -1.86. The first-order chi connectivity index (χ1) is 12.1. The second-order valence-electron chi connectivity index (χ2n) is 8.58. The van der Waals surface area contributed by atoms with Gasteiger partial charge in [0.2, 0.25) is 0 Å². The molecule has 4 aliphatic carbocycles. The first-order valence-corrected chi connectivity index (χ1v) is 9.31. The summed E-state index contributed by atoms with van der Waals surface area (Å²) in [5.74, 6) is 2.01. The van der Waals surface area contributed by atoms with Gasteiger partial charge in [0, 0.05) is 34.7 Å². The molecule has 2 aromatic rings. The third-order valence-corrected chi connectivity index (χ3v) is 7.03. The number of hydrazone groups is 1. The highest BCUT2D eigenvalue weighted by Gasteiger charge is 2.56. The van der Waals surface area contributed by atoms with E-state index in [9.17, 15) is 10.1 Å². The van der Waals surface area contributed by atoms with Crippen LogP contribution in [0.1, 0.15) is 37.7 Å². The highest BCUT2D eigenvalue weighted by Crippen LogP contribution is 2.59. The molecule has 25 heavy (non-hydrogen) atoms. The molecule has 2 aromatic heterocycles. The Kier molecular flexibility index (Phi) is 2.67. The molecule has 0 amide bonds. The Bertz CT molecular complexity index is 894. The summed E-state index contributed by atoms with van der Waals surface area (Å²) in [5, 5.41) is 29.8. The van der Waals surface area contributed by atoms with E-state index >= 15 is 0 Å².